The molecule has 1 rings (SSSR count). The van der Waals surface area contributed by atoms with Gasteiger partial charge < -0.3 is 5.11 Å². The summed E-state index contributed by atoms with van der Waals surface area (Å²) in [5.41, 5.74) is 2.91. The molecule has 0 amide bonds. The van der Waals surface area contributed by atoms with Crippen LogP contribution in [0.3, 0.4) is 0 Å². The Hall–Kier alpha value is -0.820. The molecule has 0 unspecified atom stereocenters. The van der Waals surface area contributed by atoms with Gasteiger partial charge in [-0.25, -0.2) is 0 Å². The van der Waals surface area contributed by atoms with Crippen molar-refractivity contribution in [3.63, 3.8) is 0 Å². The van der Waals surface area contributed by atoms with Crippen molar-refractivity contribution in [2.24, 2.45) is 0 Å². The minimum Gasteiger partial charge on any atom is -0.400 e. The number of aliphatic hydroxyl groups excluding tert-OH is 1. The highest BCUT2D eigenvalue weighted by Gasteiger charge is 1.92. The first-order valence-corrected chi connectivity index (χ1v) is 6.34. The van der Waals surface area contributed by atoms with Crippen LogP contribution in [0, 0.1) is 6.92 Å². The fraction of sp³-hybridized carbons (Fsp3) is 0.600. The van der Waals surface area contributed by atoms with Crippen molar-refractivity contribution >= 4 is 0 Å². The van der Waals surface area contributed by atoms with E-state index >= 15 is 0 Å². The monoisotopic (exact) mass is 226 g/mol. The van der Waals surface area contributed by atoms with Crippen molar-refractivity contribution in [1.82, 2.24) is 0 Å². The molecule has 0 aliphatic carbocycles. The first-order valence-electron chi connectivity index (χ1n) is 6.34. The minimum atomic E-state index is 1.00. The Kier molecular flexibility index (Phi) is 25.3. The molecule has 1 heteroatoms. The van der Waals surface area contributed by atoms with Crippen LogP contribution >= 0.6 is 0 Å². The Morgan fingerprint density at radius 3 is 1.75 bits per heavy atom. The maximum absolute atomic E-state index is 7.00. The van der Waals surface area contributed by atoms with Gasteiger partial charge in [0.2, 0.25) is 0 Å². The Labute approximate surface area is 103 Å². The smallest absolute Gasteiger partial charge is 0.0319 e. The summed E-state index contributed by atoms with van der Waals surface area (Å²) in [6.07, 6.45) is 2.46. The van der Waals surface area contributed by atoms with Crippen molar-refractivity contribution in [2.45, 2.75) is 54.4 Å². The number of hydrogen-bond donors (Lipinski definition) is 1. The average molecular weight is 226 g/mol. The Balaban J connectivity index is -0.000000245. The Bertz CT molecular complexity index is 206. The molecule has 0 saturated heterocycles. The van der Waals surface area contributed by atoms with E-state index in [4.69, 9.17) is 5.11 Å². The molecule has 0 aromatic heterocycles. The molecule has 1 aromatic rings. The van der Waals surface area contributed by atoms with Crippen molar-refractivity contribution in [2.75, 3.05) is 7.11 Å². The standard InChI is InChI=1S/C10H14.2C2H6.CH4O/c1-3-6-10-8-5-4-7-9(10)2;3*1-2/h4-5,7-8H,3,6H2,1-2H3;2*1-2H3;2H,1H3. The van der Waals surface area contributed by atoms with Crippen molar-refractivity contribution in [3.8, 4) is 0 Å². The topological polar surface area (TPSA) is 20.2 Å². The number of hydrogen-bond acceptors (Lipinski definition) is 1. The zero-order chi connectivity index (χ0) is 13.4. The van der Waals surface area contributed by atoms with E-state index in [0.717, 1.165) is 7.11 Å². The highest BCUT2D eigenvalue weighted by molar-refractivity contribution is 5.25. The average Bonchev–Trinajstić information content (AvgIpc) is 2.40. The molecule has 1 N–H and O–H groups in total. The first kappa shape index (κ1) is 20.6. The second kappa shape index (κ2) is 19.7. The van der Waals surface area contributed by atoms with Gasteiger partial charge >= 0.3 is 0 Å². The lowest BCUT2D eigenvalue weighted by atomic mass is 10.1. The van der Waals surface area contributed by atoms with Crippen LogP contribution in [0.1, 0.15) is 52.2 Å². The van der Waals surface area contributed by atoms with Crippen LogP contribution in [0.5, 0.6) is 0 Å². The molecule has 16 heavy (non-hydrogen) atoms. The minimum absolute atomic E-state index is 1.00. The molecule has 0 bridgehead atoms. The van der Waals surface area contributed by atoms with Gasteiger partial charge in [-0.2, -0.15) is 0 Å². The van der Waals surface area contributed by atoms with E-state index in [2.05, 4.69) is 38.1 Å². The van der Waals surface area contributed by atoms with E-state index in [-0.39, 0.29) is 0 Å². The molecular weight excluding hydrogens is 196 g/mol. The molecule has 1 nitrogen and oxygen atoms in total. The van der Waals surface area contributed by atoms with Crippen LogP contribution in [-0.2, 0) is 6.42 Å². The summed E-state index contributed by atoms with van der Waals surface area (Å²) in [6.45, 7) is 12.4. The van der Waals surface area contributed by atoms with E-state index in [1.165, 1.54) is 24.0 Å². The van der Waals surface area contributed by atoms with Crippen LogP contribution in [-0.4, -0.2) is 12.2 Å². The highest BCUT2D eigenvalue weighted by atomic mass is 16.2. The van der Waals surface area contributed by atoms with Crippen molar-refractivity contribution in [1.29, 1.82) is 0 Å². The lowest BCUT2D eigenvalue weighted by Gasteiger charge is -2.01. The molecule has 0 fully saturated rings. The fourth-order valence-corrected chi connectivity index (χ4v) is 1.16. The van der Waals surface area contributed by atoms with Crippen LogP contribution in [0.2, 0.25) is 0 Å². The number of aryl methyl sites for hydroxylation is 2. The lowest BCUT2D eigenvalue weighted by Crippen LogP contribution is -1.85. The molecule has 0 saturated carbocycles. The molecule has 0 aliphatic rings. The molecule has 96 valence electrons. The van der Waals surface area contributed by atoms with Gasteiger partial charge in [0, 0.05) is 7.11 Å². The van der Waals surface area contributed by atoms with E-state index in [1.807, 2.05) is 27.7 Å². The van der Waals surface area contributed by atoms with E-state index in [9.17, 15) is 0 Å². The summed E-state index contributed by atoms with van der Waals surface area (Å²) in [7, 11) is 1.00. The quantitative estimate of drug-likeness (QED) is 0.781. The van der Waals surface area contributed by atoms with Gasteiger partial charge in [-0.05, 0) is 24.5 Å². The molecule has 0 heterocycles. The molecule has 0 spiro atoms. The molecule has 0 aliphatic heterocycles. The molecular formula is C15H30O. The van der Waals surface area contributed by atoms with Gasteiger partial charge in [0.1, 0.15) is 0 Å². The van der Waals surface area contributed by atoms with Crippen molar-refractivity contribution in [3.05, 3.63) is 35.4 Å². The SMILES string of the molecule is CC.CC.CCCc1ccccc1C.CO. The van der Waals surface area contributed by atoms with E-state index < -0.39 is 0 Å². The molecule has 1 aromatic carbocycles. The van der Waals surface area contributed by atoms with Gasteiger partial charge in [0.05, 0.1) is 0 Å². The molecule has 0 radical (unpaired) electrons. The normalized spacial score (nSPS) is 7.25. The zero-order valence-electron chi connectivity index (χ0n) is 12.2. The Morgan fingerprint density at radius 2 is 1.38 bits per heavy atom. The van der Waals surface area contributed by atoms with Gasteiger partial charge in [-0.1, -0.05) is 65.3 Å². The summed E-state index contributed by atoms with van der Waals surface area (Å²) in [6, 6.07) is 8.58. The predicted octanol–water partition coefficient (Wildman–Crippen LogP) is 4.61. The maximum Gasteiger partial charge on any atom is 0.0319 e. The Morgan fingerprint density at radius 1 is 0.938 bits per heavy atom. The van der Waals surface area contributed by atoms with Gasteiger partial charge in [0.25, 0.3) is 0 Å². The summed E-state index contributed by atoms with van der Waals surface area (Å²) >= 11 is 0. The van der Waals surface area contributed by atoms with Crippen LogP contribution < -0.4 is 0 Å². The summed E-state index contributed by atoms with van der Waals surface area (Å²) in [5.74, 6) is 0. The summed E-state index contributed by atoms with van der Waals surface area (Å²) in [5, 5.41) is 7.00. The van der Waals surface area contributed by atoms with E-state index in [0.29, 0.717) is 0 Å². The summed E-state index contributed by atoms with van der Waals surface area (Å²) < 4.78 is 0. The first-order chi connectivity index (χ1) is 7.84. The number of aliphatic hydroxyl groups is 1. The van der Waals surface area contributed by atoms with Crippen LogP contribution in [0.15, 0.2) is 24.3 Å². The van der Waals surface area contributed by atoms with E-state index in [1.54, 1.807) is 0 Å². The highest BCUT2D eigenvalue weighted by Crippen LogP contribution is 2.08. The summed E-state index contributed by atoms with van der Waals surface area (Å²) in [4.78, 5) is 0. The second-order valence-corrected chi connectivity index (χ2v) is 2.68. The van der Waals surface area contributed by atoms with Gasteiger partial charge in [-0.15, -0.1) is 0 Å². The third kappa shape index (κ3) is 11.3. The fourth-order valence-electron chi connectivity index (χ4n) is 1.16. The number of benzene rings is 1. The maximum atomic E-state index is 7.00. The van der Waals surface area contributed by atoms with Gasteiger partial charge in [0.15, 0.2) is 0 Å². The lowest BCUT2D eigenvalue weighted by molar-refractivity contribution is 0.399. The van der Waals surface area contributed by atoms with Crippen LogP contribution in [0.25, 0.3) is 0 Å². The molecule has 0 atom stereocenters. The second-order valence-electron chi connectivity index (χ2n) is 2.68. The third-order valence-corrected chi connectivity index (χ3v) is 1.78. The zero-order valence-corrected chi connectivity index (χ0v) is 12.2. The van der Waals surface area contributed by atoms with Crippen molar-refractivity contribution < 1.29 is 5.11 Å². The predicted molar refractivity (Wildman–Crippen MR) is 76.0 cm³/mol. The van der Waals surface area contributed by atoms with Gasteiger partial charge in [-0.3, -0.25) is 0 Å². The number of rotatable bonds is 2. The third-order valence-electron chi connectivity index (χ3n) is 1.78. The van der Waals surface area contributed by atoms with Crippen LogP contribution in [0.4, 0.5) is 0 Å². The largest absolute Gasteiger partial charge is 0.400 e.